The molecule has 0 aromatic heterocycles. The van der Waals surface area contributed by atoms with E-state index in [0.717, 1.165) is 45.8 Å². The highest BCUT2D eigenvalue weighted by Gasteiger charge is 2.10. The fourth-order valence-corrected chi connectivity index (χ4v) is 1.78. The molecule has 0 radical (unpaired) electrons. The van der Waals surface area contributed by atoms with E-state index in [2.05, 4.69) is 27.5 Å². The molecule has 0 saturated carbocycles. The van der Waals surface area contributed by atoms with Crippen LogP contribution in [-0.2, 0) is 4.79 Å². The normalized spacial score (nSPS) is 17.7. The molecular weight excluding hydrogens is 204 g/mol. The summed E-state index contributed by atoms with van der Waals surface area (Å²) in [6.45, 7) is 7.46. The largest absolute Gasteiger partial charge is 0.359 e. The maximum absolute atomic E-state index is 11.1. The molecule has 1 amide bonds. The molecule has 0 aliphatic carbocycles. The lowest BCUT2D eigenvalue weighted by atomic mass is 10.3. The van der Waals surface area contributed by atoms with Gasteiger partial charge in [-0.05, 0) is 7.05 Å². The predicted octanol–water partition coefficient (Wildman–Crippen LogP) is -1.04. The van der Waals surface area contributed by atoms with E-state index in [0.29, 0.717) is 6.42 Å². The van der Waals surface area contributed by atoms with Crippen LogP contribution in [0.25, 0.3) is 0 Å². The molecule has 5 heteroatoms. The SMILES string of the molecule is CNC(=O)CCN(C)CCN1CCNCC1. The average molecular weight is 228 g/mol. The molecule has 1 saturated heterocycles. The quantitative estimate of drug-likeness (QED) is 0.610. The smallest absolute Gasteiger partial charge is 0.221 e. The number of likely N-dealkylation sites (N-methyl/N-ethyl adjacent to an activating group) is 1. The Morgan fingerprint density at radius 3 is 2.69 bits per heavy atom. The van der Waals surface area contributed by atoms with Gasteiger partial charge in [-0.25, -0.2) is 0 Å². The van der Waals surface area contributed by atoms with Crippen LogP contribution in [0.3, 0.4) is 0 Å². The molecule has 0 spiro atoms. The van der Waals surface area contributed by atoms with E-state index in [-0.39, 0.29) is 5.91 Å². The Labute approximate surface area is 98.2 Å². The molecule has 1 aliphatic heterocycles. The number of amides is 1. The number of rotatable bonds is 6. The van der Waals surface area contributed by atoms with Crippen LogP contribution in [0, 0.1) is 0 Å². The standard InChI is InChI=1S/C11H24N4O/c1-12-11(16)3-6-14(2)9-10-15-7-4-13-5-8-15/h13H,3-10H2,1-2H3,(H,12,16). The van der Waals surface area contributed by atoms with Gasteiger partial charge < -0.3 is 15.5 Å². The number of nitrogens with zero attached hydrogens (tertiary/aromatic N) is 2. The van der Waals surface area contributed by atoms with Gasteiger partial charge in [-0.3, -0.25) is 9.69 Å². The summed E-state index contributed by atoms with van der Waals surface area (Å²) in [4.78, 5) is 15.8. The third-order valence-electron chi connectivity index (χ3n) is 3.01. The first-order valence-corrected chi connectivity index (χ1v) is 6.04. The van der Waals surface area contributed by atoms with Crippen molar-refractivity contribution in [2.45, 2.75) is 6.42 Å². The van der Waals surface area contributed by atoms with Gasteiger partial charge in [0.1, 0.15) is 0 Å². The maximum atomic E-state index is 11.1. The fourth-order valence-electron chi connectivity index (χ4n) is 1.78. The highest BCUT2D eigenvalue weighted by molar-refractivity contribution is 5.75. The monoisotopic (exact) mass is 228 g/mol. The Bertz CT molecular complexity index is 204. The van der Waals surface area contributed by atoms with Crippen molar-refractivity contribution in [2.75, 3.05) is 59.9 Å². The first-order chi connectivity index (χ1) is 7.72. The predicted molar refractivity (Wildman–Crippen MR) is 65.5 cm³/mol. The van der Waals surface area contributed by atoms with Crippen molar-refractivity contribution in [3.8, 4) is 0 Å². The highest BCUT2D eigenvalue weighted by Crippen LogP contribution is 1.94. The zero-order chi connectivity index (χ0) is 11.8. The van der Waals surface area contributed by atoms with Crippen molar-refractivity contribution in [1.29, 1.82) is 0 Å². The van der Waals surface area contributed by atoms with Gasteiger partial charge >= 0.3 is 0 Å². The lowest BCUT2D eigenvalue weighted by Crippen LogP contribution is -2.46. The van der Waals surface area contributed by atoms with Crippen LogP contribution in [-0.4, -0.2) is 75.6 Å². The molecule has 16 heavy (non-hydrogen) atoms. The van der Waals surface area contributed by atoms with Gasteiger partial charge in [0, 0.05) is 59.3 Å². The molecule has 1 heterocycles. The number of hydrogen-bond donors (Lipinski definition) is 2. The van der Waals surface area contributed by atoms with Crippen molar-refractivity contribution in [2.24, 2.45) is 0 Å². The van der Waals surface area contributed by atoms with Gasteiger partial charge in [-0.15, -0.1) is 0 Å². The van der Waals surface area contributed by atoms with Crippen molar-refractivity contribution < 1.29 is 4.79 Å². The molecule has 0 aromatic rings. The third kappa shape index (κ3) is 5.44. The molecule has 0 unspecified atom stereocenters. The number of hydrogen-bond acceptors (Lipinski definition) is 4. The van der Waals surface area contributed by atoms with E-state index < -0.39 is 0 Å². The molecule has 1 aliphatic rings. The molecule has 1 rings (SSSR count). The second kappa shape index (κ2) is 7.60. The fraction of sp³-hybridized carbons (Fsp3) is 0.909. The van der Waals surface area contributed by atoms with E-state index in [1.54, 1.807) is 7.05 Å². The van der Waals surface area contributed by atoms with Gasteiger partial charge in [0.05, 0.1) is 0 Å². The second-order valence-corrected chi connectivity index (χ2v) is 4.32. The molecule has 5 nitrogen and oxygen atoms in total. The van der Waals surface area contributed by atoms with E-state index in [4.69, 9.17) is 0 Å². The maximum Gasteiger partial charge on any atom is 0.221 e. The number of piperazine rings is 1. The summed E-state index contributed by atoms with van der Waals surface area (Å²) in [5.74, 6) is 0.119. The summed E-state index contributed by atoms with van der Waals surface area (Å²) in [7, 11) is 3.76. The Morgan fingerprint density at radius 2 is 2.06 bits per heavy atom. The van der Waals surface area contributed by atoms with Crippen LogP contribution in [0.15, 0.2) is 0 Å². The van der Waals surface area contributed by atoms with Crippen LogP contribution in [0.5, 0.6) is 0 Å². The van der Waals surface area contributed by atoms with Gasteiger partial charge in [-0.2, -0.15) is 0 Å². The first kappa shape index (κ1) is 13.4. The number of carbonyl (C=O) groups is 1. The minimum atomic E-state index is 0.119. The van der Waals surface area contributed by atoms with Gasteiger partial charge in [0.2, 0.25) is 5.91 Å². The minimum Gasteiger partial charge on any atom is -0.359 e. The van der Waals surface area contributed by atoms with Crippen LogP contribution in [0.2, 0.25) is 0 Å². The molecule has 0 aromatic carbocycles. The van der Waals surface area contributed by atoms with Crippen LogP contribution in [0.4, 0.5) is 0 Å². The van der Waals surface area contributed by atoms with Crippen LogP contribution >= 0.6 is 0 Å². The highest BCUT2D eigenvalue weighted by atomic mass is 16.1. The minimum absolute atomic E-state index is 0.119. The Hall–Kier alpha value is -0.650. The third-order valence-corrected chi connectivity index (χ3v) is 3.01. The molecular formula is C11H24N4O. The number of nitrogens with one attached hydrogen (secondary N) is 2. The molecule has 0 atom stereocenters. The van der Waals surface area contributed by atoms with Crippen LogP contribution < -0.4 is 10.6 Å². The van der Waals surface area contributed by atoms with Crippen molar-refractivity contribution >= 4 is 5.91 Å². The molecule has 1 fully saturated rings. The topological polar surface area (TPSA) is 47.6 Å². The zero-order valence-electron chi connectivity index (χ0n) is 10.5. The Kier molecular flexibility index (Phi) is 6.37. The van der Waals surface area contributed by atoms with Crippen LogP contribution in [0.1, 0.15) is 6.42 Å². The summed E-state index contributed by atoms with van der Waals surface area (Å²) >= 11 is 0. The number of carbonyl (C=O) groups excluding carboxylic acids is 1. The summed E-state index contributed by atoms with van der Waals surface area (Å²) < 4.78 is 0. The lowest BCUT2D eigenvalue weighted by molar-refractivity contribution is -0.120. The van der Waals surface area contributed by atoms with Gasteiger partial charge in [0.15, 0.2) is 0 Å². The second-order valence-electron chi connectivity index (χ2n) is 4.32. The average Bonchev–Trinajstić information content (AvgIpc) is 2.34. The van der Waals surface area contributed by atoms with Crippen molar-refractivity contribution in [3.05, 3.63) is 0 Å². The summed E-state index contributed by atoms with van der Waals surface area (Å²) in [6, 6.07) is 0. The summed E-state index contributed by atoms with van der Waals surface area (Å²) in [5.41, 5.74) is 0. The van der Waals surface area contributed by atoms with Crippen molar-refractivity contribution in [1.82, 2.24) is 20.4 Å². The molecule has 0 bridgehead atoms. The zero-order valence-corrected chi connectivity index (χ0v) is 10.5. The summed E-state index contributed by atoms with van der Waals surface area (Å²) in [5, 5.41) is 5.98. The summed E-state index contributed by atoms with van der Waals surface area (Å²) in [6.07, 6.45) is 0.592. The van der Waals surface area contributed by atoms with Crippen molar-refractivity contribution in [3.63, 3.8) is 0 Å². The van der Waals surface area contributed by atoms with E-state index in [1.165, 1.54) is 0 Å². The molecule has 94 valence electrons. The Balaban J connectivity index is 2.04. The lowest BCUT2D eigenvalue weighted by Gasteiger charge is -2.29. The Morgan fingerprint density at radius 1 is 1.38 bits per heavy atom. The van der Waals surface area contributed by atoms with Gasteiger partial charge in [-0.1, -0.05) is 0 Å². The van der Waals surface area contributed by atoms with Gasteiger partial charge in [0.25, 0.3) is 0 Å². The van der Waals surface area contributed by atoms with E-state index in [1.807, 2.05) is 0 Å². The van der Waals surface area contributed by atoms with E-state index >= 15 is 0 Å². The van der Waals surface area contributed by atoms with E-state index in [9.17, 15) is 4.79 Å². The molecule has 2 N–H and O–H groups in total. The first-order valence-electron chi connectivity index (χ1n) is 6.04.